The van der Waals surface area contributed by atoms with Gasteiger partial charge in [-0.25, -0.2) is 0 Å². The number of halogens is 3. The number of aromatic nitrogens is 2. The zero-order valence-electron chi connectivity index (χ0n) is 11.3. The Labute approximate surface area is 119 Å². The fraction of sp³-hybridized carbons (Fsp3) is 0.545. The summed E-state index contributed by atoms with van der Waals surface area (Å²) in [4.78, 5) is 1.63. The van der Waals surface area contributed by atoms with Gasteiger partial charge in [0.2, 0.25) is 0 Å². The van der Waals surface area contributed by atoms with Crippen molar-refractivity contribution in [3.05, 3.63) is 17.8 Å². The highest BCUT2D eigenvalue weighted by Crippen LogP contribution is 2.27. The molecule has 1 aromatic rings. The molecule has 0 saturated heterocycles. The van der Waals surface area contributed by atoms with Crippen molar-refractivity contribution < 1.29 is 23.1 Å². The quantitative estimate of drug-likeness (QED) is 0.339. The number of anilines is 1. The van der Waals surface area contributed by atoms with E-state index in [1.807, 2.05) is 0 Å². The van der Waals surface area contributed by atoms with Crippen LogP contribution in [0.5, 0.6) is 0 Å². The fourth-order valence-electron chi connectivity index (χ4n) is 1.49. The van der Waals surface area contributed by atoms with Gasteiger partial charge in [0.05, 0.1) is 6.61 Å². The highest BCUT2D eigenvalue weighted by atomic mass is 19.4. The number of nitrogens with zero attached hydrogens (tertiary/aromatic N) is 4. The van der Waals surface area contributed by atoms with Crippen LogP contribution in [0, 0.1) is 0 Å². The normalized spacial score (nSPS) is 12.5. The standard InChI is InChI=1S/C11H16F3N5O2/c1-21-7-6-19(5-4-9(15)18-20)10-3-2-8(16-17-10)11(12,13)14/h2-3,20H,4-7H2,1H3,(H2,15,18). The molecule has 7 nitrogen and oxygen atoms in total. The molecule has 0 unspecified atom stereocenters. The van der Waals surface area contributed by atoms with Crippen LogP contribution in [0.2, 0.25) is 0 Å². The molecular weight excluding hydrogens is 291 g/mol. The largest absolute Gasteiger partial charge is 0.435 e. The van der Waals surface area contributed by atoms with Crippen LogP contribution in [-0.2, 0) is 10.9 Å². The van der Waals surface area contributed by atoms with E-state index in [2.05, 4.69) is 15.4 Å². The van der Waals surface area contributed by atoms with Crippen LogP contribution in [0.15, 0.2) is 17.3 Å². The van der Waals surface area contributed by atoms with Gasteiger partial charge >= 0.3 is 6.18 Å². The summed E-state index contributed by atoms with van der Waals surface area (Å²) >= 11 is 0. The average molecular weight is 307 g/mol. The number of nitrogens with two attached hydrogens (primary N) is 1. The smallest absolute Gasteiger partial charge is 0.409 e. The van der Waals surface area contributed by atoms with E-state index in [0.29, 0.717) is 19.7 Å². The molecule has 0 aliphatic rings. The summed E-state index contributed by atoms with van der Waals surface area (Å²) in [5.74, 6) is 0.267. The summed E-state index contributed by atoms with van der Waals surface area (Å²) in [6.07, 6.45) is -4.31. The Kier molecular flexibility index (Phi) is 6.15. The molecule has 0 radical (unpaired) electrons. The van der Waals surface area contributed by atoms with Crippen LogP contribution >= 0.6 is 0 Å². The van der Waals surface area contributed by atoms with Crippen LogP contribution in [0.4, 0.5) is 19.0 Å². The Morgan fingerprint density at radius 2 is 2.10 bits per heavy atom. The molecule has 0 aliphatic carbocycles. The van der Waals surface area contributed by atoms with E-state index in [1.165, 1.54) is 13.2 Å². The molecular formula is C11H16F3N5O2. The third-order valence-corrected chi connectivity index (χ3v) is 2.60. The van der Waals surface area contributed by atoms with Crippen molar-refractivity contribution in [2.24, 2.45) is 10.9 Å². The fourth-order valence-corrected chi connectivity index (χ4v) is 1.49. The molecule has 118 valence electrons. The zero-order valence-corrected chi connectivity index (χ0v) is 11.3. The number of rotatable bonds is 7. The van der Waals surface area contributed by atoms with Gasteiger partial charge in [-0.15, -0.1) is 10.2 Å². The molecule has 0 saturated carbocycles. The minimum Gasteiger partial charge on any atom is -0.409 e. The Morgan fingerprint density at radius 1 is 1.38 bits per heavy atom. The third-order valence-electron chi connectivity index (χ3n) is 2.60. The first-order chi connectivity index (χ1) is 9.88. The molecule has 0 spiro atoms. The van der Waals surface area contributed by atoms with Gasteiger partial charge in [-0.2, -0.15) is 13.2 Å². The van der Waals surface area contributed by atoms with Gasteiger partial charge < -0.3 is 20.6 Å². The molecule has 1 aromatic heterocycles. The molecule has 1 rings (SSSR count). The van der Waals surface area contributed by atoms with Gasteiger partial charge in [0.1, 0.15) is 5.84 Å². The van der Waals surface area contributed by atoms with Crippen molar-refractivity contribution >= 4 is 11.7 Å². The molecule has 0 fully saturated rings. The summed E-state index contributed by atoms with van der Waals surface area (Å²) in [7, 11) is 1.50. The monoisotopic (exact) mass is 307 g/mol. The summed E-state index contributed by atoms with van der Waals surface area (Å²) in [6.45, 7) is 1.04. The average Bonchev–Trinajstić information content (AvgIpc) is 2.46. The molecule has 3 N–H and O–H groups in total. The summed E-state index contributed by atoms with van der Waals surface area (Å²) in [5.41, 5.74) is 4.31. The van der Waals surface area contributed by atoms with Crippen LogP contribution in [0.3, 0.4) is 0 Å². The SMILES string of the molecule is COCCN(CC/C(N)=N/O)c1ccc(C(F)(F)F)nn1. The van der Waals surface area contributed by atoms with E-state index < -0.39 is 11.9 Å². The highest BCUT2D eigenvalue weighted by molar-refractivity contribution is 5.80. The molecule has 0 aliphatic heterocycles. The summed E-state index contributed by atoms with van der Waals surface area (Å²) in [6, 6.07) is 2.07. The van der Waals surface area contributed by atoms with E-state index in [4.69, 9.17) is 15.7 Å². The third kappa shape index (κ3) is 5.42. The lowest BCUT2D eigenvalue weighted by Gasteiger charge is -2.22. The van der Waals surface area contributed by atoms with E-state index >= 15 is 0 Å². The lowest BCUT2D eigenvalue weighted by Crippen LogP contribution is -2.32. The highest BCUT2D eigenvalue weighted by Gasteiger charge is 2.33. The maximum absolute atomic E-state index is 12.4. The minimum absolute atomic E-state index is 0.0114. The molecule has 21 heavy (non-hydrogen) atoms. The molecule has 0 aromatic carbocycles. The number of alkyl halides is 3. The number of amidine groups is 1. The number of oxime groups is 1. The molecule has 0 amide bonds. The lowest BCUT2D eigenvalue weighted by molar-refractivity contribution is -0.141. The second-order valence-corrected chi connectivity index (χ2v) is 4.10. The van der Waals surface area contributed by atoms with E-state index in [9.17, 15) is 13.2 Å². The Morgan fingerprint density at radius 3 is 2.57 bits per heavy atom. The van der Waals surface area contributed by atoms with Crippen LogP contribution < -0.4 is 10.6 Å². The Hall–Kier alpha value is -2.10. The second kappa shape index (κ2) is 7.62. The van der Waals surface area contributed by atoms with E-state index in [0.717, 1.165) is 6.07 Å². The van der Waals surface area contributed by atoms with Gasteiger partial charge in [0.15, 0.2) is 11.5 Å². The minimum atomic E-state index is -4.53. The van der Waals surface area contributed by atoms with Crippen molar-refractivity contribution in [3.63, 3.8) is 0 Å². The van der Waals surface area contributed by atoms with Crippen molar-refractivity contribution in [2.75, 3.05) is 31.7 Å². The second-order valence-electron chi connectivity index (χ2n) is 4.10. The summed E-state index contributed by atoms with van der Waals surface area (Å²) in [5, 5.41) is 18.0. The van der Waals surface area contributed by atoms with Gasteiger partial charge in [-0.05, 0) is 12.1 Å². The van der Waals surface area contributed by atoms with Gasteiger partial charge in [0, 0.05) is 26.6 Å². The molecule has 1 heterocycles. The maximum atomic E-state index is 12.4. The van der Waals surface area contributed by atoms with Gasteiger partial charge in [-0.1, -0.05) is 5.16 Å². The first kappa shape index (κ1) is 17.0. The first-order valence-electron chi connectivity index (χ1n) is 5.99. The number of ether oxygens (including phenoxy) is 1. The summed E-state index contributed by atoms with van der Waals surface area (Å²) < 4.78 is 42.2. The van der Waals surface area contributed by atoms with Crippen LogP contribution in [0.1, 0.15) is 12.1 Å². The van der Waals surface area contributed by atoms with Gasteiger partial charge in [0.25, 0.3) is 0 Å². The van der Waals surface area contributed by atoms with Crippen molar-refractivity contribution in [3.8, 4) is 0 Å². The molecule has 10 heteroatoms. The predicted molar refractivity (Wildman–Crippen MR) is 69.1 cm³/mol. The number of hydrogen-bond acceptors (Lipinski definition) is 6. The molecule has 0 bridgehead atoms. The number of methoxy groups -OCH3 is 1. The zero-order chi connectivity index (χ0) is 15.9. The van der Waals surface area contributed by atoms with Crippen molar-refractivity contribution in [1.82, 2.24) is 10.2 Å². The van der Waals surface area contributed by atoms with Crippen LogP contribution in [0.25, 0.3) is 0 Å². The van der Waals surface area contributed by atoms with E-state index in [-0.39, 0.29) is 18.1 Å². The first-order valence-corrected chi connectivity index (χ1v) is 5.99. The van der Waals surface area contributed by atoms with Crippen molar-refractivity contribution in [2.45, 2.75) is 12.6 Å². The Bertz CT molecular complexity index is 464. The predicted octanol–water partition coefficient (Wildman–Crippen LogP) is 1.08. The number of hydrogen-bond donors (Lipinski definition) is 2. The Balaban J connectivity index is 2.82. The van der Waals surface area contributed by atoms with Gasteiger partial charge in [-0.3, -0.25) is 0 Å². The topological polar surface area (TPSA) is 96.9 Å². The van der Waals surface area contributed by atoms with Crippen LogP contribution in [-0.4, -0.2) is 48.0 Å². The molecule has 0 atom stereocenters. The van der Waals surface area contributed by atoms with E-state index in [1.54, 1.807) is 4.90 Å². The lowest BCUT2D eigenvalue weighted by atomic mass is 10.3. The maximum Gasteiger partial charge on any atom is 0.435 e. The van der Waals surface area contributed by atoms with Crippen molar-refractivity contribution in [1.29, 1.82) is 0 Å².